The first-order valence-electron chi connectivity index (χ1n) is 10.8. The van der Waals surface area contributed by atoms with Crippen LogP contribution in [0.3, 0.4) is 0 Å². The van der Waals surface area contributed by atoms with Crippen LogP contribution in [0.15, 0.2) is 77.7 Å². The average Bonchev–Trinajstić information content (AvgIpc) is 2.84. The third-order valence-corrected chi connectivity index (χ3v) is 7.57. The molecule has 0 bridgehead atoms. The Kier molecular flexibility index (Phi) is 9.28. The van der Waals surface area contributed by atoms with Gasteiger partial charge in [-0.05, 0) is 61.4 Å². The van der Waals surface area contributed by atoms with Gasteiger partial charge < -0.3 is 10.1 Å². The van der Waals surface area contributed by atoms with E-state index in [1.807, 2.05) is 30.3 Å². The van der Waals surface area contributed by atoms with Crippen molar-refractivity contribution in [1.29, 1.82) is 0 Å². The second-order valence-electron chi connectivity index (χ2n) is 7.49. The number of carbonyl (C=O) groups is 2. The molecule has 0 aliphatic heterocycles. The normalized spacial score (nSPS) is 11.3. The van der Waals surface area contributed by atoms with Crippen molar-refractivity contribution in [1.82, 2.24) is 4.31 Å². The van der Waals surface area contributed by atoms with E-state index in [0.717, 1.165) is 9.87 Å². The molecule has 0 spiro atoms. The van der Waals surface area contributed by atoms with Crippen LogP contribution in [0.1, 0.15) is 22.8 Å². The van der Waals surface area contributed by atoms with E-state index in [4.69, 9.17) is 27.9 Å². The van der Waals surface area contributed by atoms with E-state index >= 15 is 0 Å². The average molecular weight is 535 g/mol. The Morgan fingerprint density at radius 3 is 2.31 bits per heavy atom. The summed E-state index contributed by atoms with van der Waals surface area (Å²) >= 11 is 12.2. The summed E-state index contributed by atoms with van der Waals surface area (Å²) in [5, 5.41) is 2.88. The summed E-state index contributed by atoms with van der Waals surface area (Å²) in [6.07, 6.45) is 0.389. The molecule has 184 valence electrons. The lowest BCUT2D eigenvalue weighted by Crippen LogP contribution is -2.39. The van der Waals surface area contributed by atoms with Gasteiger partial charge in [0.1, 0.15) is 4.90 Å². The Morgan fingerprint density at radius 2 is 1.66 bits per heavy atom. The number of ether oxygens (including phenoxy) is 1. The number of nitrogens with one attached hydrogen (secondary N) is 1. The quantitative estimate of drug-likeness (QED) is 0.367. The second kappa shape index (κ2) is 12.2. The van der Waals surface area contributed by atoms with Gasteiger partial charge in [0.05, 0.1) is 23.7 Å². The molecular formula is C25H24Cl2N2O5S. The minimum absolute atomic E-state index is 0.00840. The molecule has 0 saturated heterocycles. The van der Waals surface area contributed by atoms with E-state index in [1.165, 1.54) is 30.3 Å². The predicted octanol–water partition coefficient (Wildman–Crippen LogP) is 5.04. The van der Waals surface area contributed by atoms with E-state index in [9.17, 15) is 18.0 Å². The summed E-state index contributed by atoms with van der Waals surface area (Å²) in [7, 11) is -4.14. The van der Waals surface area contributed by atoms with Gasteiger partial charge in [0.15, 0.2) is 0 Å². The molecule has 1 amide bonds. The van der Waals surface area contributed by atoms with Gasteiger partial charge in [0.2, 0.25) is 15.9 Å². The number of esters is 1. The molecule has 1 N–H and O–H groups in total. The van der Waals surface area contributed by atoms with Crippen molar-refractivity contribution in [3.63, 3.8) is 0 Å². The Balaban J connectivity index is 1.80. The molecule has 0 radical (unpaired) electrons. The van der Waals surface area contributed by atoms with Crippen LogP contribution in [0.2, 0.25) is 10.0 Å². The van der Waals surface area contributed by atoms with Crippen LogP contribution in [0, 0.1) is 0 Å². The third-order valence-electron chi connectivity index (χ3n) is 5.00. The Hall–Kier alpha value is -2.91. The predicted molar refractivity (Wildman–Crippen MR) is 136 cm³/mol. The fraction of sp³-hybridized carbons (Fsp3) is 0.200. The van der Waals surface area contributed by atoms with Crippen molar-refractivity contribution < 1.29 is 22.7 Å². The van der Waals surface area contributed by atoms with Crippen molar-refractivity contribution in [2.45, 2.75) is 18.2 Å². The molecule has 0 atom stereocenters. The standard InChI is InChI=1S/C25H24Cl2N2O5S/c1-2-34-25(31)19-8-11-21(12-9-19)28-24(30)17-29(15-14-18-6-4-3-5-7-18)35(32,33)23-16-20(26)10-13-22(23)27/h3-13,16H,2,14-15,17H2,1H3,(H,28,30). The summed E-state index contributed by atoms with van der Waals surface area (Å²) in [6.45, 7) is 1.56. The minimum Gasteiger partial charge on any atom is -0.462 e. The maximum atomic E-state index is 13.4. The SMILES string of the molecule is CCOC(=O)c1ccc(NC(=O)CN(CCc2ccccc2)S(=O)(=O)c2cc(Cl)ccc2Cl)cc1. The molecule has 10 heteroatoms. The molecule has 3 aromatic rings. The summed E-state index contributed by atoms with van der Waals surface area (Å²) in [4.78, 5) is 24.4. The summed E-state index contributed by atoms with van der Waals surface area (Å²) in [5.74, 6) is -1.02. The molecule has 0 aliphatic carbocycles. The lowest BCUT2D eigenvalue weighted by Gasteiger charge is -2.22. The number of rotatable bonds is 10. The number of anilines is 1. The smallest absolute Gasteiger partial charge is 0.338 e. The molecular weight excluding hydrogens is 511 g/mol. The van der Waals surface area contributed by atoms with Crippen LogP contribution < -0.4 is 5.32 Å². The van der Waals surface area contributed by atoms with Crippen LogP contribution in [0.4, 0.5) is 5.69 Å². The van der Waals surface area contributed by atoms with Gasteiger partial charge >= 0.3 is 5.97 Å². The molecule has 7 nitrogen and oxygen atoms in total. The molecule has 3 rings (SSSR count). The summed E-state index contributed by atoms with van der Waals surface area (Å²) < 4.78 is 32.9. The van der Waals surface area contributed by atoms with Gasteiger partial charge in [-0.3, -0.25) is 4.79 Å². The van der Waals surface area contributed by atoms with Crippen LogP contribution in [-0.4, -0.2) is 44.3 Å². The van der Waals surface area contributed by atoms with E-state index in [2.05, 4.69) is 5.32 Å². The zero-order valence-electron chi connectivity index (χ0n) is 18.9. The lowest BCUT2D eigenvalue weighted by atomic mass is 10.1. The van der Waals surface area contributed by atoms with Crippen LogP contribution in [-0.2, 0) is 26.0 Å². The zero-order valence-corrected chi connectivity index (χ0v) is 21.2. The van der Waals surface area contributed by atoms with Crippen molar-refractivity contribution in [3.8, 4) is 0 Å². The zero-order chi connectivity index (χ0) is 25.4. The molecule has 3 aromatic carbocycles. The minimum atomic E-state index is -4.14. The van der Waals surface area contributed by atoms with Crippen molar-refractivity contribution in [2.75, 3.05) is 25.0 Å². The van der Waals surface area contributed by atoms with Gasteiger partial charge in [-0.1, -0.05) is 53.5 Å². The molecule has 35 heavy (non-hydrogen) atoms. The lowest BCUT2D eigenvalue weighted by molar-refractivity contribution is -0.116. The number of nitrogens with zero attached hydrogens (tertiary/aromatic N) is 1. The van der Waals surface area contributed by atoms with Crippen LogP contribution in [0.5, 0.6) is 0 Å². The molecule has 0 aromatic heterocycles. The maximum Gasteiger partial charge on any atom is 0.338 e. The highest BCUT2D eigenvalue weighted by Crippen LogP contribution is 2.28. The Morgan fingerprint density at radius 1 is 0.971 bits per heavy atom. The third kappa shape index (κ3) is 7.29. The second-order valence-corrected chi connectivity index (χ2v) is 10.2. The summed E-state index contributed by atoms with van der Waals surface area (Å²) in [6, 6.07) is 19.6. The van der Waals surface area contributed by atoms with E-state index < -0.39 is 28.4 Å². The molecule has 0 saturated carbocycles. The van der Waals surface area contributed by atoms with Crippen molar-refractivity contribution in [2.24, 2.45) is 0 Å². The number of hydrogen-bond acceptors (Lipinski definition) is 5. The fourth-order valence-corrected chi connectivity index (χ4v) is 5.40. The first kappa shape index (κ1) is 26.7. The van der Waals surface area contributed by atoms with Crippen molar-refractivity contribution in [3.05, 3.63) is 94.0 Å². The number of halogens is 2. The monoisotopic (exact) mass is 534 g/mol. The molecule has 0 heterocycles. The molecule has 0 unspecified atom stereocenters. The summed E-state index contributed by atoms with van der Waals surface area (Å²) in [5.41, 5.74) is 1.66. The van der Waals surface area contributed by atoms with E-state index in [-0.39, 0.29) is 28.1 Å². The number of carbonyl (C=O) groups excluding carboxylic acids is 2. The first-order valence-corrected chi connectivity index (χ1v) is 13.0. The van der Waals surface area contributed by atoms with E-state index in [0.29, 0.717) is 17.7 Å². The number of sulfonamides is 1. The topological polar surface area (TPSA) is 92.8 Å². The first-order chi connectivity index (χ1) is 16.7. The maximum absolute atomic E-state index is 13.4. The van der Waals surface area contributed by atoms with Gasteiger partial charge in [-0.2, -0.15) is 4.31 Å². The highest BCUT2D eigenvalue weighted by Gasteiger charge is 2.29. The largest absolute Gasteiger partial charge is 0.462 e. The van der Waals surface area contributed by atoms with E-state index in [1.54, 1.807) is 19.1 Å². The van der Waals surface area contributed by atoms with Gasteiger partial charge in [0.25, 0.3) is 0 Å². The number of hydrogen-bond donors (Lipinski definition) is 1. The number of amides is 1. The molecule has 0 fully saturated rings. The number of benzene rings is 3. The van der Waals surface area contributed by atoms with Gasteiger partial charge in [-0.15, -0.1) is 0 Å². The van der Waals surface area contributed by atoms with Crippen LogP contribution >= 0.6 is 23.2 Å². The van der Waals surface area contributed by atoms with Crippen molar-refractivity contribution >= 4 is 50.8 Å². The highest BCUT2D eigenvalue weighted by molar-refractivity contribution is 7.89. The van der Waals surface area contributed by atoms with Gasteiger partial charge in [0, 0.05) is 17.3 Å². The highest BCUT2D eigenvalue weighted by atomic mass is 35.5. The van der Waals surface area contributed by atoms with Gasteiger partial charge in [-0.25, -0.2) is 13.2 Å². The van der Waals surface area contributed by atoms with Crippen LogP contribution in [0.25, 0.3) is 0 Å². The molecule has 0 aliphatic rings. The Labute approximate surface area is 214 Å². The Bertz CT molecular complexity index is 1280. The fourth-order valence-electron chi connectivity index (χ4n) is 3.26.